The first-order chi connectivity index (χ1) is 15.1. The van der Waals surface area contributed by atoms with Crippen molar-refractivity contribution >= 4 is 23.4 Å². The number of nitrogens with zero attached hydrogens (tertiary/aromatic N) is 1. The monoisotopic (exact) mass is 425 g/mol. The standard InChI is InChI=1S/C22H23N3O6/c26-20(25-8-9-29-19(14-25)15-4-2-1-3-5-15)13-23-21(27)22(28)24-16-6-7-17-18(12-16)31-11-10-30-17/h1-7,12,19H,8-11,13-14H2,(H,23,27)(H,24,28)/t19-/m1/s1. The SMILES string of the molecule is O=C(NCC(=O)N1CCO[C@@H](c2ccccc2)C1)C(=O)Nc1ccc2c(c1)OCCO2. The van der Waals surface area contributed by atoms with E-state index in [4.69, 9.17) is 14.2 Å². The van der Waals surface area contributed by atoms with Crippen LogP contribution in [-0.2, 0) is 19.1 Å². The number of carbonyl (C=O) groups excluding carboxylic acids is 3. The fourth-order valence-electron chi connectivity index (χ4n) is 3.40. The van der Waals surface area contributed by atoms with E-state index >= 15 is 0 Å². The van der Waals surface area contributed by atoms with Crippen LogP contribution in [-0.4, -0.2) is 62.1 Å². The van der Waals surface area contributed by atoms with Crippen LogP contribution in [0.4, 0.5) is 5.69 Å². The van der Waals surface area contributed by atoms with Gasteiger partial charge in [0.2, 0.25) is 5.91 Å². The maximum atomic E-state index is 12.5. The summed E-state index contributed by atoms with van der Waals surface area (Å²) in [6.07, 6.45) is -0.215. The molecule has 31 heavy (non-hydrogen) atoms. The van der Waals surface area contributed by atoms with Gasteiger partial charge in [0, 0.05) is 18.3 Å². The lowest BCUT2D eigenvalue weighted by atomic mass is 10.1. The third-order valence-corrected chi connectivity index (χ3v) is 5.00. The van der Waals surface area contributed by atoms with Crippen molar-refractivity contribution in [2.75, 3.05) is 44.8 Å². The first kappa shape index (κ1) is 20.7. The molecule has 0 aliphatic carbocycles. The number of fused-ring (bicyclic) bond motifs is 1. The van der Waals surface area contributed by atoms with E-state index in [0.29, 0.717) is 50.1 Å². The molecule has 2 heterocycles. The fourth-order valence-corrected chi connectivity index (χ4v) is 3.40. The molecule has 2 aromatic carbocycles. The van der Waals surface area contributed by atoms with Gasteiger partial charge in [-0.25, -0.2) is 0 Å². The molecule has 0 radical (unpaired) electrons. The molecule has 0 unspecified atom stereocenters. The van der Waals surface area contributed by atoms with Gasteiger partial charge in [0.25, 0.3) is 0 Å². The van der Waals surface area contributed by atoms with E-state index in [-0.39, 0.29) is 18.6 Å². The van der Waals surface area contributed by atoms with Crippen LogP contribution in [0.3, 0.4) is 0 Å². The lowest BCUT2D eigenvalue weighted by Gasteiger charge is -2.33. The van der Waals surface area contributed by atoms with Gasteiger partial charge in [0.15, 0.2) is 11.5 Å². The lowest BCUT2D eigenvalue weighted by Crippen LogP contribution is -2.48. The summed E-state index contributed by atoms with van der Waals surface area (Å²) in [6, 6.07) is 14.5. The van der Waals surface area contributed by atoms with Gasteiger partial charge in [0.05, 0.1) is 19.7 Å². The van der Waals surface area contributed by atoms with Crippen molar-refractivity contribution in [2.24, 2.45) is 0 Å². The predicted octanol–water partition coefficient (Wildman–Crippen LogP) is 1.11. The zero-order valence-corrected chi connectivity index (χ0v) is 16.8. The number of rotatable bonds is 4. The zero-order chi connectivity index (χ0) is 21.6. The van der Waals surface area contributed by atoms with E-state index in [1.807, 2.05) is 30.3 Å². The first-order valence-electron chi connectivity index (χ1n) is 10.0. The molecule has 4 rings (SSSR count). The van der Waals surface area contributed by atoms with E-state index in [1.54, 1.807) is 23.1 Å². The van der Waals surface area contributed by atoms with Gasteiger partial charge in [-0.3, -0.25) is 14.4 Å². The Bertz CT molecular complexity index is 965. The quantitative estimate of drug-likeness (QED) is 0.711. The normalized spacial score (nSPS) is 17.5. The molecular formula is C22H23N3O6. The zero-order valence-electron chi connectivity index (χ0n) is 16.8. The van der Waals surface area contributed by atoms with E-state index < -0.39 is 11.8 Å². The Morgan fingerprint density at radius 2 is 1.71 bits per heavy atom. The average molecular weight is 425 g/mol. The lowest BCUT2D eigenvalue weighted by molar-refractivity contribution is -0.141. The van der Waals surface area contributed by atoms with Crippen molar-refractivity contribution in [3.05, 3.63) is 54.1 Å². The molecule has 2 aliphatic heterocycles. The minimum atomic E-state index is -0.892. The summed E-state index contributed by atoms with van der Waals surface area (Å²) in [6.45, 7) is 1.84. The average Bonchev–Trinajstić information content (AvgIpc) is 2.82. The van der Waals surface area contributed by atoms with Gasteiger partial charge in [-0.05, 0) is 17.7 Å². The minimum absolute atomic E-state index is 0.215. The molecule has 0 aromatic heterocycles. The van der Waals surface area contributed by atoms with Gasteiger partial charge in [-0.1, -0.05) is 30.3 Å². The second kappa shape index (κ2) is 9.48. The number of nitrogens with one attached hydrogen (secondary N) is 2. The third kappa shape index (κ3) is 5.13. The number of anilines is 1. The van der Waals surface area contributed by atoms with E-state index in [0.717, 1.165) is 5.56 Å². The molecule has 0 spiro atoms. The van der Waals surface area contributed by atoms with Crippen LogP contribution in [0.1, 0.15) is 11.7 Å². The number of hydrogen-bond donors (Lipinski definition) is 2. The molecule has 1 fully saturated rings. The van der Waals surface area contributed by atoms with E-state index in [1.165, 1.54) is 0 Å². The minimum Gasteiger partial charge on any atom is -0.486 e. The number of hydrogen-bond acceptors (Lipinski definition) is 6. The molecule has 0 bridgehead atoms. The van der Waals surface area contributed by atoms with E-state index in [9.17, 15) is 14.4 Å². The topological polar surface area (TPSA) is 106 Å². The summed E-state index contributed by atoms with van der Waals surface area (Å²) in [4.78, 5) is 38.4. The number of benzene rings is 2. The Balaban J connectivity index is 1.27. The second-order valence-corrected chi connectivity index (χ2v) is 7.11. The highest BCUT2D eigenvalue weighted by Crippen LogP contribution is 2.32. The maximum Gasteiger partial charge on any atom is 0.313 e. The van der Waals surface area contributed by atoms with Crippen LogP contribution >= 0.6 is 0 Å². The Morgan fingerprint density at radius 1 is 0.935 bits per heavy atom. The number of ether oxygens (including phenoxy) is 3. The van der Waals surface area contributed by atoms with Crippen molar-refractivity contribution in [3.63, 3.8) is 0 Å². The molecule has 1 atom stereocenters. The van der Waals surface area contributed by atoms with Crippen molar-refractivity contribution in [1.29, 1.82) is 0 Å². The number of morpholine rings is 1. The first-order valence-corrected chi connectivity index (χ1v) is 10.0. The van der Waals surface area contributed by atoms with Gasteiger partial charge in [-0.2, -0.15) is 0 Å². The van der Waals surface area contributed by atoms with Crippen molar-refractivity contribution in [2.45, 2.75) is 6.10 Å². The number of carbonyl (C=O) groups is 3. The smallest absolute Gasteiger partial charge is 0.313 e. The summed E-state index contributed by atoms with van der Waals surface area (Å²) < 4.78 is 16.6. The third-order valence-electron chi connectivity index (χ3n) is 5.00. The van der Waals surface area contributed by atoms with Crippen molar-refractivity contribution in [1.82, 2.24) is 10.2 Å². The Hall–Kier alpha value is -3.59. The Kier molecular flexibility index (Phi) is 6.32. The summed E-state index contributed by atoms with van der Waals surface area (Å²) in [7, 11) is 0. The number of amides is 3. The summed E-state index contributed by atoms with van der Waals surface area (Å²) in [5.74, 6) is -0.951. The molecule has 9 heteroatoms. The van der Waals surface area contributed by atoms with Crippen LogP contribution in [0.25, 0.3) is 0 Å². The van der Waals surface area contributed by atoms with Gasteiger partial charge < -0.3 is 29.7 Å². The van der Waals surface area contributed by atoms with Crippen LogP contribution in [0, 0.1) is 0 Å². The summed E-state index contributed by atoms with van der Waals surface area (Å²) in [5.41, 5.74) is 1.39. The molecule has 3 amide bonds. The molecule has 9 nitrogen and oxygen atoms in total. The highest BCUT2D eigenvalue weighted by Gasteiger charge is 2.26. The molecule has 162 valence electrons. The predicted molar refractivity (Wildman–Crippen MR) is 111 cm³/mol. The molecule has 2 aromatic rings. The molecule has 2 aliphatic rings. The van der Waals surface area contributed by atoms with Crippen molar-refractivity contribution < 1.29 is 28.6 Å². The van der Waals surface area contributed by atoms with Gasteiger partial charge in [-0.15, -0.1) is 0 Å². The van der Waals surface area contributed by atoms with Crippen LogP contribution < -0.4 is 20.1 Å². The van der Waals surface area contributed by atoms with Crippen LogP contribution in [0.15, 0.2) is 48.5 Å². The maximum absolute atomic E-state index is 12.5. The Morgan fingerprint density at radius 3 is 2.52 bits per heavy atom. The molecule has 1 saturated heterocycles. The largest absolute Gasteiger partial charge is 0.486 e. The Labute approximate surface area is 179 Å². The molecular weight excluding hydrogens is 402 g/mol. The highest BCUT2D eigenvalue weighted by molar-refractivity contribution is 6.39. The van der Waals surface area contributed by atoms with Gasteiger partial charge in [0.1, 0.15) is 19.3 Å². The van der Waals surface area contributed by atoms with Gasteiger partial charge >= 0.3 is 11.8 Å². The summed E-state index contributed by atoms with van der Waals surface area (Å²) in [5, 5.41) is 4.87. The van der Waals surface area contributed by atoms with Crippen LogP contribution in [0.5, 0.6) is 11.5 Å². The molecule has 0 saturated carbocycles. The highest BCUT2D eigenvalue weighted by atomic mass is 16.6. The molecule has 2 N–H and O–H groups in total. The van der Waals surface area contributed by atoms with Crippen LogP contribution in [0.2, 0.25) is 0 Å². The second-order valence-electron chi connectivity index (χ2n) is 7.11. The summed E-state index contributed by atoms with van der Waals surface area (Å²) >= 11 is 0. The van der Waals surface area contributed by atoms with Crippen molar-refractivity contribution in [3.8, 4) is 11.5 Å². The van der Waals surface area contributed by atoms with E-state index in [2.05, 4.69) is 10.6 Å². The fraction of sp³-hybridized carbons (Fsp3) is 0.318.